The molecule has 0 saturated carbocycles. The molecule has 3 heterocycles. The molecule has 0 spiro atoms. The van der Waals surface area contributed by atoms with Gasteiger partial charge in [-0.05, 0) is 106 Å². The van der Waals surface area contributed by atoms with Crippen molar-refractivity contribution in [2.75, 3.05) is 0 Å². The summed E-state index contributed by atoms with van der Waals surface area (Å²) in [4.78, 5) is 14.7. The van der Waals surface area contributed by atoms with E-state index in [-0.39, 0.29) is 11.5 Å². The lowest BCUT2D eigenvalue weighted by Crippen LogP contribution is -2.43. The Kier molecular flexibility index (Phi) is 11.7. The topological polar surface area (TPSA) is 40.1 Å². The van der Waals surface area contributed by atoms with Gasteiger partial charge in [-0.15, -0.1) is 0 Å². The lowest BCUT2D eigenvalue weighted by molar-refractivity contribution is 0.491. The van der Waals surface area contributed by atoms with Crippen LogP contribution < -0.4 is 16.1 Å². The summed E-state index contributed by atoms with van der Waals surface area (Å²) in [7, 11) is 0. The van der Waals surface area contributed by atoms with Crippen LogP contribution in [0.25, 0.3) is 58.6 Å². The van der Waals surface area contributed by atoms with Crippen molar-refractivity contribution in [1.82, 2.24) is 9.13 Å². The molecular formula is C56H52N2O2. The van der Waals surface area contributed by atoms with Gasteiger partial charge in [0.2, 0.25) is 0 Å². The predicted octanol–water partition coefficient (Wildman–Crippen LogP) is 12.3. The lowest BCUT2D eigenvalue weighted by atomic mass is 9.99. The molecule has 4 aliphatic rings. The smallest absolute Gasteiger partial charge is 0.197 e. The van der Waals surface area contributed by atoms with E-state index in [9.17, 15) is 4.79 Å². The van der Waals surface area contributed by atoms with Crippen LogP contribution in [0, 0.1) is 6.92 Å². The third kappa shape index (κ3) is 7.24. The highest BCUT2D eigenvalue weighted by Crippen LogP contribution is 2.35. The first-order valence-corrected chi connectivity index (χ1v) is 21.0. The van der Waals surface area contributed by atoms with E-state index < -0.39 is 0 Å². The predicted molar refractivity (Wildman–Crippen MR) is 257 cm³/mol. The monoisotopic (exact) mass is 784 g/mol. The molecule has 0 aliphatic heterocycles. The Bertz CT molecular complexity index is 3010. The maximum absolute atomic E-state index is 14.7. The van der Waals surface area contributed by atoms with Gasteiger partial charge in [0.25, 0.3) is 0 Å². The summed E-state index contributed by atoms with van der Waals surface area (Å²) in [6, 6.07) is 8.54. The van der Waals surface area contributed by atoms with E-state index in [2.05, 4.69) is 183 Å². The lowest BCUT2D eigenvalue weighted by Gasteiger charge is -2.15. The van der Waals surface area contributed by atoms with Crippen molar-refractivity contribution in [2.45, 2.75) is 59.4 Å². The number of para-hydroxylation sites is 1. The van der Waals surface area contributed by atoms with Gasteiger partial charge in [-0.3, -0.25) is 4.79 Å². The zero-order valence-corrected chi connectivity index (χ0v) is 35.1. The molecule has 4 aromatic rings. The Hall–Kier alpha value is -6.91. The summed E-state index contributed by atoms with van der Waals surface area (Å²) in [6.45, 7) is 16.6. The van der Waals surface area contributed by atoms with E-state index in [0.717, 1.165) is 58.5 Å². The van der Waals surface area contributed by atoms with Crippen molar-refractivity contribution in [3.8, 4) is 0 Å². The summed E-state index contributed by atoms with van der Waals surface area (Å²) < 4.78 is 11.4. The van der Waals surface area contributed by atoms with E-state index in [0.29, 0.717) is 28.4 Å². The fourth-order valence-corrected chi connectivity index (χ4v) is 8.99. The number of hydrogen-bond acceptors (Lipinski definition) is 2. The van der Waals surface area contributed by atoms with Gasteiger partial charge >= 0.3 is 0 Å². The van der Waals surface area contributed by atoms with Crippen LogP contribution in [0.1, 0.15) is 84.8 Å². The number of rotatable bonds is 8. The second-order valence-electron chi connectivity index (χ2n) is 15.3. The van der Waals surface area contributed by atoms with Crippen LogP contribution in [0.3, 0.4) is 0 Å². The quantitative estimate of drug-likeness (QED) is 0.167. The maximum atomic E-state index is 14.7. The van der Waals surface area contributed by atoms with Gasteiger partial charge in [0.15, 0.2) is 5.43 Å². The molecule has 3 aromatic heterocycles. The van der Waals surface area contributed by atoms with Crippen molar-refractivity contribution in [1.29, 1.82) is 0 Å². The van der Waals surface area contributed by atoms with Crippen LogP contribution >= 0.6 is 0 Å². The van der Waals surface area contributed by atoms with Crippen LogP contribution in [0.5, 0.6) is 0 Å². The van der Waals surface area contributed by atoms with Gasteiger partial charge in [0, 0.05) is 56.7 Å². The van der Waals surface area contributed by atoms with E-state index in [1.54, 1.807) is 6.08 Å². The minimum atomic E-state index is -0.0395. The van der Waals surface area contributed by atoms with Gasteiger partial charge in [-0.1, -0.05) is 141 Å². The number of allylic oxidation sites excluding steroid dienone is 21. The van der Waals surface area contributed by atoms with E-state index in [1.807, 2.05) is 25.2 Å². The molecule has 0 amide bonds. The van der Waals surface area contributed by atoms with Gasteiger partial charge in [-0.25, -0.2) is 0 Å². The van der Waals surface area contributed by atoms with Crippen molar-refractivity contribution in [2.24, 2.45) is 0 Å². The van der Waals surface area contributed by atoms with Crippen LogP contribution in [-0.4, -0.2) is 9.13 Å². The number of benzene rings is 1. The molecule has 298 valence electrons. The highest BCUT2D eigenvalue weighted by molar-refractivity contribution is 5.91. The molecule has 0 fully saturated rings. The average Bonchev–Trinajstić information content (AvgIpc) is 3.47. The first-order chi connectivity index (χ1) is 29.4. The zero-order chi connectivity index (χ0) is 41.8. The molecule has 4 nitrogen and oxygen atoms in total. The van der Waals surface area contributed by atoms with Gasteiger partial charge in [0.1, 0.15) is 11.2 Å². The number of hydrogen-bond donors (Lipinski definition) is 0. The summed E-state index contributed by atoms with van der Waals surface area (Å²) in [5.74, 6) is 0.590. The fraction of sp³-hybridized carbons (Fsp3) is 0.161. The highest BCUT2D eigenvalue weighted by atomic mass is 16.3. The number of fused-ring (bicyclic) bond motifs is 3. The standard InChI is InChI=1S/C56H52N2O2/c1-7-21-46-38(6)57(51-32-17-16-29-48(46)51)42-26-19-24-40(34-36-42)44(9-3)55-53(11-5)60-54-37-41(25-20-30-49(54)56(55)59)39-23-18-27-43(35-33-39)58-50(22-8-2)45(10-4)47-28-14-12-13-15-31-52(47)58/h7-11,13-22,24-29,32-37,42H,3-4,12,23,30-31H2,1-2,5-6H3/b15-13-,21-7-,22-8-,28-14?,53-11+,55-44-. The molecule has 4 aliphatic carbocycles. The minimum Gasteiger partial charge on any atom is -0.456 e. The zero-order valence-electron chi connectivity index (χ0n) is 35.1. The van der Waals surface area contributed by atoms with Crippen molar-refractivity contribution < 1.29 is 4.42 Å². The van der Waals surface area contributed by atoms with Crippen LogP contribution in [-0.2, 0) is 12.8 Å². The van der Waals surface area contributed by atoms with Crippen LogP contribution in [0.15, 0.2) is 167 Å². The summed E-state index contributed by atoms with van der Waals surface area (Å²) in [5.41, 5.74) is 14.4. The first kappa shape index (κ1) is 39.9. The summed E-state index contributed by atoms with van der Waals surface area (Å²) >= 11 is 0. The summed E-state index contributed by atoms with van der Waals surface area (Å²) in [6.07, 6.45) is 51.8. The Balaban J connectivity index is 1.18. The van der Waals surface area contributed by atoms with Crippen LogP contribution in [0.2, 0.25) is 0 Å². The Morgan fingerprint density at radius 2 is 1.68 bits per heavy atom. The first-order valence-electron chi connectivity index (χ1n) is 21.0. The van der Waals surface area contributed by atoms with E-state index in [4.69, 9.17) is 4.42 Å². The molecule has 0 bridgehead atoms. The third-order valence-electron chi connectivity index (χ3n) is 11.8. The molecule has 1 aromatic carbocycles. The van der Waals surface area contributed by atoms with Gasteiger partial charge < -0.3 is 13.6 Å². The average molecular weight is 785 g/mol. The van der Waals surface area contributed by atoms with Crippen molar-refractivity contribution >= 4 is 58.6 Å². The fourth-order valence-electron chi connectivity index (χ4n) is 8.99. The second kappa shape index (κ2) is 17.5. The molecule has 0 saturated heterocycles. The third-order valence-corrected chi connectivity index (χ3v) is 11.8. The van der Waals surface area contributed by atoms with Crippen LogP contribution in [0.4, 0.5) is 0 Å². The normalized spacial score (nSPS) is 18.9. The van der Waals surface area contributed by atoms with E-state index >= 15 is 0 Å². The molecule has 1 unspecified atom stereocenters. The van der Waals surface area contributed by atoms with Crippen molar-refractivity contribution in [3.63, 3.8) is 0 Å². The number of aromatic nitrogens is 2. The van der Waals surface area contributed by atoms with Gasteiger partial charge in [0.05, 0.1) is 17.0 Å². The summed E-state index contributed by atoms with van der Waals surface area (Å²) in [5, 5.41) is 1.76. The minimum absolute atomic E-state index is 0.0147. The Labute approximate surface area is 353 Å². The molecule has 4 heteroatoms. The molecule has 1 atom stereocenters. The van der Waals surface area contributed by atoms with E-state index in [1.165, 1.54) is 33.4 Å². The van der Waals surface area contributed by atoms with Gasteiger partial charge in [-0.2, -0.15) is 0 Å². The highest BCUT2D eigenvalue weighted by Gasteiger charge is 2.22. The Morgan fingerprint density at radius 3 is 2.48 bits per heavy atom. The number of nitrogens with zero attached hydrogens (tertiary/aromatic N) is 2. The van der Waals surface area contributed by atoms with Crippen molar-refractivity contribution in [3.05, 3.63) is 223 Å². The molecule has 60 heavy (non-hydrogen) atoms. The SMILES string of the molecule is C=C/C(C1=CC=CC(n2c(C)c(/C=C\C)c3ccccc32)C=C1)=c1/c(=O)c2c(o/c1=C/C)C=C(C1=CC=C(n3c(/C=C\C)c(C=C)c4c3C/C=C\CC=C4)C=CC1)C=CC2. The largest absolute Gasteiger partial charge is 0.456 e. The molecule has 8 rings (SSSR count). The Morgan fingerprint density at radius 1 is 0.850 bits per heavy atom. The molecular weight excluding hydrogens is 733 g/mol. The molecule has 0 N–H and O–H groups in total. The maximum Gasteiger partial charge on any atom is 0.197 e. The molecule has 0 radical (unpaired) electrons. The second-order valence-corrected chi connectivity index (χ2v) is 15.3.